The normalized spacial score (nSPS) is 10.8. The van der Waals surface area contributed by atoms with Crippen LogP contribution in [-0.4, -0.2) is 12.6 Å². The van der Waals surface area contributed by atoms with Gasteiger partial charge in [-0.15, -0.1) is 0 Å². The fourth-order valence-electron chi connectivity index (χ4n) is 1.29. The molecular weight excluding hydrogens is 338 g/mol. The molecule has 0 aliphatic heterocycles. The van der Waals surface area contributed by atoms with Crippen molar-refractivity contribution in [1.82, 2.24) is 0 Å². The van der Waals surface area contributed by atoms with Crippen LogP contribution < -0.4 is 0 Å². The van der Waals surface area contributed by atoms with Crippen LogP contribution in [0, 0.1) is 0 Å². The molecule has 0 radical (unpaired) electrons. The molecule has 0 heterocycles. The quantitative estimate of drug-likeness (QED) is 0.454. The second-order valence-corrected chi connectivity index (χ2v) is 4.22. The second-order valence-electron chi connectivity index (χ2n) is 4.22. The van der Waals surface area contributed by atoms with E-state index in [1.54, 1.807) is 0 Å². The average Bonchev–Trinajstić information content (AvgIpc) is 2.48. The van der Waals surface area contributed by atoms with Crippen LogP contribution in [0.25, 0.3) is 0 Å². The first-order chi connectivity index (χ1) is 11.0. The van der Waals surface area contributed by atoms with E-state index in [2.05, 4.69) is 18.6 Å². The van der Waals surface area contributed by atoms with Crippen molar-refractivity contribution in [2.75, 3.05) is 6.61 Å². The molecule has 0 unspecified atom stereocenters. The predicted molar refractivity (Wildman–Crippen MR) is 79.7 cm³/mol. The molecule has 8 heteroatoms. The highest BCUT2D eigenvalue weighted by Gasteiger charge is 2.37. The van der Waals surface area contributed by atoms with E-state index in [0.29, 0.717) is 12.1 Å². The van der Waals surface area contributed by atoms with E-state index in [-0.39, 0.29) is 12.7 Å². The number of rotatable bonds is 2. The van der Waals surface area contributed by atoms with Crippen LogP contribution in [0.4, 0.5) is 26.3 Å². The number of hydrogen-bond acceptors (Lipinski definition) is 2. The van der Waals surface area contributed by atoms with E-state index in [1.165, 1.54) is 13.3 Å². The van der Waals surface area contributed by atoms with Gasteiger partial charge in [-0.1, -0.05) is 34.1 Å². The molecule has 0 aliphatic carbocycles. The number of benzene rings is 1. The Morgan fingerprint density at radius 3 is 1.46 bits per heavy atom. The van der Waals surface area contributed by atoms with Crippen molar-refractivity contribution in [3.05, 3.63) is 34.9 Å². The second kappa shape index (κ2) is 10.9. The van der Waals surface area contributed by atoms with Crippen LogP contribution in [0.2, 0.25) is 0 Å². The Morgan fingerprint density at radius 2 is 1.21 bits per heavy atom. The molecular formula is C16H22F6O2. The van der Waals surface area contributed by atoms with Crippen LogP contribution in [0.3, 0.4) is 0 Å². The molecule has 2 nitrogen and oxygen atoms in total. The van der Waals surface area contributed by atoms with Gasteiger partial charge in [-0.3, -0.25) is 0 Å². The summed E-state index contributed by atoms with van der Waals surface area (Å²) in [5.41, 5.74) is -3.89. The van der Waals surface area contributed by atoms with Crippen LogP contribution in [0.5, 0.6) is 0 Å². The number of alkyl halides is 6. The summed E-state index contributed by atoms with van der Waals surface area (Å²) in [6.45, 7) is 9.48. The van der Waals surface area contributed by atoms with Crippen LogP contribution >= 0.6 is 0 Å². The van der Waals surface area contributed by atoms with Crippen molar-refractivity contribution in [3.8, 4) is 0 Å². The lowest BCUT2D eigenvalue weighted by atomic mass is 10.0. The Hall–Kier alpha value is -1.73. The molecule has 1 aromatic carbocycles. The topological polar surface area (TPSA) is 26.3 Å². The summed E-state index contributed by atoms with van der Waals surface area (Å²) < 4.78 is 79.2. The fraction of sp³-hybridized carbons (Fsp3) is 0.562. The SMILES string of the molecule is CC.CCC.CCOC(=O)c1cc(C(F)(F)F)cc(C(F)(F)F)c1. The largest absolute Gasteiger partial charge is 0.462 e. The molecule has 0 aromatic heterocycles. The summed E-state index contributed by atoms with van der Waals surface area (Å²) in [5, 5.41) is 0. The van der Waals surface area contributed by atoms with Crippen LogP contribution in [0.1, 0.15) is 62.5 Å². The van der Waals surface area contributed by atoms with Crippen LogP contribution in [0.15, 0.2) is 18.2 Å². The van der Waals surface area contributed by atoms with Gasteiger partial charge in [0.05, 0.1) is 23.3 Å². The van der Waals surface area contributed by atoms with Gasteiger partial charge in [0.1, 0.15) is 0 Å². The van der Waals surface area contributed by atoms with E-state index in [9.17, 15) is 31.1 Å². The number of ether oxygens (including phenoxy) is 1. The third-order valence-corrected chi connectivity index (χ3v) is 2.10. The minimum atomic E-state index is -4.98. The Kier molecular flexibility index (Phi) is 11.2. The molecule has 140 valence electrons. The Labute approximate surface area is 137 Å². The van der Waals surface area contributed by atoms with E-state index >= 15 is 0 Å². The standard InChI is InChI=1S/C11H8F6O2.C3H8.C2H6/c1-2-19-9(18)6-3-7(10(12,13)14)5-8(4-6)11(15,16)17;1-3-2;1-2/h3-5H,2H2,1H3;3H2,1-2H3;1-2H3. The highest BCUT2D eigenvalue weighted by Crippen LogP contribution is 2.36. The van der Waals surface area contributed by atoms with Gasteiger partial charge in [0.25, 0.3) is 0 Å². The first kappa shape index (κ1) is 24.5. The number of hydrogen-bond donors (Lipinski definition) is 0. The van der Waals surface area contributed by atoms with Crippen molar-refractivity contribution >= 4 is 5.97 Å². The van der Waals surface area contributed by atoms with Gasteiger partial charge in [0, 0.05) is 0 Å². The molecule has 0 spiro atoms. The lowest BCUT2D eigenvalue weighted by Crippen LogP contribution is -2.14. The number of carbonyl (C=O) groups excluding carboxylic acids is 1. The predicted octanol–water partition coefficient (Wildman–Crippen LogP) is 6.34. The summed E-state index contributed by atoms with van der Waals surface area (Å²) in [7, 11) is 0. The van der Waals surface area contributed by atoms with E-state index in [0.717, 1.165) is 0 Å². The third-order valence-electron chi connectivity index (χ3n) is 2.10. The lowest BCUT2D eigenvalue weighted by molar-refractivity contribution is -0.143. The maximum atomic E-state index is 12.5. The van der Waals surface area contributed by atoms with E-state index in [1.807, 2.05) is 13.8 Å². The molecule has 0 atom stereocenters. The minimum Gasteiger partial charge on any atom is -0.462 e. The van der Waals surface area contributed by atoms with Gasteiger partial charge >= 0.3 is 18.3 Å². The van der Waals surface area contributed by atoms with Gasteiger partial charge < -0.3 is 4.74 Å². The summed E-state index contributed by atoms with van der Waals surface area (Å²) in [5.74, 6) is -1.24. The molecule has 0 aliphatic rings. The lowest BCUT2D eigenvalue weighted by Gasteiger charge is -2.13. The Bertz CT molecular complexity index is 460. The fourth-order valence-corrected chi connectivity index (χ4v) is 1.29. The number of carbonyl (C=O) groups is 1. The average molecular weight is 360 g/mol. The molecule has 0 amide bonds. The Balaban J connectivity index is 0. The van der Waals surface area contributed by atoms with E-state index < -0.39 is 35.0 Å². The first-order valence-corrected chi connectivity index (χ1v) is 7.43. The molecule has 0 bridgehead atoms. The number of halogens is 6. The van der Waals surface area contributed by atoms with Crippen molar-refractivity contribution in [3.63, 3.8) is 0 Å². The molecule has 0 N–H and O–H groups in total. The molecule has 1 rings (SSSR count). The zero-order valence-electron chi connectivity index (χ0n) is 14.2. The highest BCUT2D eigenvalue weighted by molar-refractivity contribution is 5.90. The monoisotopic (exact) mass is 360 g/mol. The van der Waals surface area contributed by atoms with Gasteiger partial charge in [-0.2, -0.15) is 26.3 Å². The zero-order chi connectivity index (χ0) is 19.6. The van der Waals surface area contributed by atoms with E-state index in [4.69, 9.17) is 0 Å². The van der Waals surface area contributed by atoms with Crippen molar-refractivity contribution < 1.29 is 35.9 Å². The van der Waals surface area contributed by atoms with Gasteiger partial charge in [0.15, 0.2) is 0 Å². The molecule has 0 saturated carbocycles. The highest BCUT2D eigenvalue weighted by atomic mass is 19.4. The van der Waals surface area contributed by atoms with Crippen LogP contribution in [-0.2, 0) is 17.1 Å². The van der Waals surface area contributed by atoms with Gasteiger partial charge in [0.2, 0.25) is 0 Å². The minimum absolute atomic E-state index is 0.0529. The summed E-state index contributed by atoms with van der Waals surface area (Å²) in [6, 6.07) is 0.600. The molecule has 0 saturated heterocycles. The van der Waals surface area contributed by atoms with Crippen molar-refractivity contribution in [1.29, 1.82) is 0 Å². The maximum absolute atomic E-state index is 12.5. The molecule has 24 heavy (non-hydrogen) atoms. The number of esters is 1. The summed E-state index contributed by atoms with van der Waals surface area (Å²) >= 11 is 0. The smallest absolute Gasteiger partial charge is 0.416 e. The van der Waals surface area contributed by atoms with Gasteiger partial charge in [-0.05, 0) is 25.1 Å². The van der Waals surface area contributed by atoms with Crippen molar-refractivity contribution in [2.45, 2.75) is 53.4 Å². The van der Waals surface area contributed by atoms with Gasteiger partial charge in [-0.25, -0.2) is 4.79 Å². The molecule has 1 aromatic rings. The third kappa shape index (κ3) is 8.79. The summed E-state index contributed by atoms with van der Waals surface area (Å²) in [4.78, 5) is 11.2. The zero-order valence-corrected chi connectivity index (χ0v) is 14.2. The first-order valence-electron chi connectivity index (χ1n) is 7.43. The maximum Gasteiger partial charge on any atom is 0.416 e. The molecule has 0 fully saturated rings. The Morgan fingerprint density at radius 1 is 0.875 bits per heavy atom. The van der Waals surface area contributed by atoms with Crippen molar-refractivity contribution in [2.24, 2.45) is 0 Å². The summed E-state index contributed by atoms with van der Waals surface area (Å²) in [6.07, 6.45) is -8.72.